The van der Waals surface area contributed by atoms with E-state index in [0.29, 0.717) is 18.6 Å². The van der Waals surface area contributed by atoms with E-state index in [0.717, 1.165) is 16.7 Å². The summed E-state index contributed by atoms with van der Waals surface area (Å²) in [5.41, 5.74) is 2.68. The van der Waals surface area contributed by atoms with Crippen LogP contribution in [-0.2, 0) is 16.1 Å². The highest BCUT2D eigenvalue weighted by molar-refractivity contribution is 5.67. The van der Waals surface area contributed by atoms with E-state index in [1.165, 1.54) is 10.8 Å². The van der Waals surface area contributed by atoms with E-state index in [1.807, 2.05) is 42.5 Å². The van der Waals surface area contributed by atoms with Crippen LogP contribution in [-0.4, -0.2) is 33.5 Å². The molecule has 7 heteroatoms. The highest BCUT2D eigenvalue weighted by Gasteiger charge is 2.37. The third kappa shape index (κ3) is 4.14. The van der Waals surface area contributed by atoms with E-state index in [9.17, 15) is 14.7 Å². The summed E-state index contributed by atoms with van der Waals surface area (Å²) in [6, 6.07) is 18.1. The molecule has 0 spiro atoms. The topological polar surface area (TPSA) is 93.6 Å². The predicted octanol–water partition coefficient (Wildman–Crippen LogP) is 2.38. The Kier molecular flexibility index (Phi) is 5.94. The molecule has 0 bridgehead atoms. The highest BCUT2D eigenvalue weighted by Crippen LogP contribution is 2.31. The quantitative estimate of drug-likeness (QED) is 0.653. The number of aryl methyl sites for hydroxylation is 1. The second-order valence-corrected chi connectivity index (χ2v) is 7.40. The van der Waals surface area contributed by atoms with Crippen molar-refractivity contribution in [2.45, 2.75) is 38.4 Å². The van der Waals surface area contributed by atoms with Crippen LogP contribution < -0.4 is 11.2 Å². The van der Waals surface area contributed by atoms with Gasteiger partial charge in [-0.3, -0.25) is 14.3 Å². The molecule has 4 rings (SSSR count). The lowest BCUT2D eigenvalue weighted by Gasteiger charge is -2.18. The Bertz CT molecular complexity index is 1120. The number of ether oxygens (including phenoxy) is 2. The fourth-order valence-corrected chi connectivity index (χ4v) is 3.75. The van der Waals surface area contributed by atoms with Crippen LogP contribution in [0.1, 0.15) is 23.8 Å². The maximum atomic E-state index is 12.2. The molecule has 0 amide bonds. The van der Waals surface area contributed by atoms with Gasteiger partial charge in [-0.1, -0.05) is 54.6 Å². The summed E-state index contributed by atoms with van der Waals surface area (Å²) in [6.45, 7) is 1.75. The third-order valence-electron chi connectivity index (χ3n) is 5.37. The van der Waals surface area contributed by atoms with Gasteiger partial charge in [0.2, 0.25) is 0 Å². The van der Waals surface area contributed by atoms with Crippen LogP contribution in [0, 0.1) is 6.92 Å². The van der Waals surface area contributed by atoms with Gasteiger partial charge in [-0.25, -0.2) is 4.79 Å². The number of H-pyrrole nitrogens is 1. The highest BCUT2D eigenvalue weighted by atomic mass is 16.6. The minimum atomic E-state index is -0.612. The normalized spacial score (nSPS) is 21.1. The Labute approximate surface area is 173 Å². The van der Waals surface area contributed by atoms with E-state index < -0.39 is 23.6 Å². The fraction of sp³-hybridized carbons (Fsp3) is 0.304. The SMILES string of the molecule is Cc1cn([C@H]2C[C@H](OCc3ccccc3-c3ccccc3)[C@@H](CO)O2)c(=O)[nH]c1=O. The van der Waals surface area contributed by atoms with Crippen molar-refractivity contribution < 1.29 is 14.6 Å². The number of aliphatic hydroxyl groups is 1. The zero-order chi connectivity index (χ0) is 21.1. The molecule has 156 valence electrons. The molecule has 30 heavy (non-hydrogen) atoms. The van der Waals surface area contributed by atoms with E-state index in [1.54, 1.807) is 6.92 Å². The van der Waals surface area contributed by atoms with Crippen molar-refractivity contribution in [1.82, 2.24) is 9.55 Å². The molecule has 1 aromatic heterocycles. The minimum absolute atomic E-state index is 0.224. The maximum Gasteiger partial charge on any atom is 0.330 e. The van der Waals surface area contributed by atoms with Crippen molar-refractivity contribution in [2.24, 2.45) is 0 Å². The average molecular weight is 408 g/mol. The molecule has 2 aromatic carbocycles. The van der Waals surface area contributed by atoms with Crippen LogP contribution in [0.15, 0.2) is 70.4 Å². The molecule has 2 N–H and O–H groups in total. The molecule has 0 saturated carbocycles. The van der Waals surface area contributed by atoms with Crippen molar-refractivity contribution in [3.63, 3.8) is 0 Å². The Morgan fingerprint density at radius 1 is 1.13 bits per heavy atom. The summed E-state index contributed by atoms with van der Waals surface area (Å²) in [6.07, 6.45) is 0.317. The molecule has 3 atom stereocenters. The molecular weight excluding hydrogens is 384 g/mol. The first-order valence-electron chi connectivity index (χ1n) is 9.90. The largest absolute Gasteiger partial charge is 0.394 e. The summed E-state index contributed by atoms with van der Waals surface area (Å²) in [5, 5.41) is 9.75. The van der Waals surface area contributed by atoms with Gasteiger partial charge in [-0.15, -0.1) is 0 Å². The summed E-state index contributed by atoms with van der Waals surface area (Å²) >= 11 is 0. The van der Waals surface area contributed by atoms with E-state index in [-0.39, 0.29) is 12.7 Å². The van der Waals surface area contributed by atoms with E-state index in [2.05, 4.69) is 17.1 Å². The van der Waals surface area contributed by atoms with Crippen molar-refractivity contribution in [2.75, 3.05) is 6.61 Å². The van der Waals surface area contributed by atoms with Gasteiger partial charge in [0.05, 0.1) is 19.3 Å². The van der Waals surface area contributed by atoms with E-state index in [4.69, 9.17) is 9.47 Å². The number of hydrogen-bond donors (Lipinski definition) is 2. The van der Waals surface area contributed by atoms with E-state index >= 15 is 0 Å². The first-order valence-corrected chi connectivity index (χ1v) is 9.90. The number of benzene rings is 2. The lowest BCUT2D eigenvalue weighted by atomic mass is 10.0. The molecule has 3 aromatic rings. The van der Waals surface area contributed by atoms with Crippen LogP contribution in [0.5, 0.6) is 0 Å². The van der Waals surface area contributed by atoms with Crippen LogP contribution in [0.2, 0.25) is 0 Å². The molecular formula is C23H24N2O5. The molecule has 1 aliphatic rings. The summed E-state index contributed by atoms with van der Waals surface area (Å²) in [4.78, 5) is 26.1. The number of rotatable bonds is 6. The first-order chi connectivity index (χ1) is 14.6. The Balaban J connectivity index is 1.52. The number of aromatic amines is 1. The van der Waals surface area contributed by atoms with Gasteiger partial charge in [0.15, 0.2) is 0 Å². The number of nitrogens with one attached hydrogen (secondary N) is 1. The van der Waals surface area contributed by atoms with Crippen LogP contribution in [0.25, 0.3) is 11.1 Å². The molecule has 2 heterocycles. The zero-order valence-electron chi connectivity index (χ0n) is 16.7. The van der Waals surface area contributed by atoms with Crippen molar-refractivity contribution in [3.05, 3.63) is 92.8 Å². The summed E-state index contributed by atoms with van der Waals surface area (Å²) < 4.78 is 13.3. The minimum Gasteiger partial charge on any atom is -0.394 e. The Morgan fingerprint density at radius 3 is 2.63 bits per heavy atom. The van der Waals surface area contributed by atoms with Crippen LogP contribution in [0.3, 0.4) is 0 Å². The summed E-state index contributed by atoms with van der Waals surface area (Å²) in [7, 11) is 0. The molecule has 0 radical (unpaired) electrons. The maximum absolute atomic E-state index is 12.2. The molecule has 0 aliphatic carbocycles. The standard InChI is InChI=1S/C23H24N2O5/c1-15-12-25(23(28)24-22(15)27)21-11-19(20(13-26)30-21)29-14-17-9-5-6-10-18(17)16-7-3-2-4-8-16/h2-10,12,19-21,26H,11,13-14H2,1H3,(H,24,27,28)/t19-,20+,21+/m0/s1. The van der Waals surface area contributed by atoms with Crippen molar-refractivity contribution in [3.8, 4) is 11.1 Å². The monoisotopic (exact) mass is 408 g/mol. The summed E-state index contributed by atoms with van der Waals surface area (Å²) in [5.74, 6) is 0. The molecule has 1 fully saturated rings. The first kappa shape index (κ1) is 20.3. The van der Waals surface area contributed by atoms with Gasteiger partial charge < -0.3 is 14.6 Å². The Morgan fingerprint density at radius 2 is 1.87 bits per heavy atom. The second-order valence-electron chi connectivity index (χ2n) is 7.40. The smallest absolute Gasteiger partial charge is 0.330 e. The predicted molar refractivity (Wildman–Crippen MR) is 112 cm³/mol. The van der Waals surface area contributed by atoms with Crippen molar-refractivity contribution in [1.29, 1.82) is 0 Å². The van der Waals surface area contributed by atoms with Gasteiger partial charge >= 0.3 is 5.69 Å². The molecule has 1 aliphatic heterocycles. The van der Waals surface area contributed by atoms with Crippen molar-refractivity contribution >= 4 is 0 Å². The second kappa shape index (κ2) is 8.79. The van der Waals surface area contributed by atoms with Gasteiger partial charge in [-0.2, -0.15) is 0 Å². The third-order valence-corrected chi connectivity index (χ3v) is 5.37. The molecule has 0 unspecified atom stereocenters. The average Bonchev–Trinajstić information content (AvgIpc) is 3.18. The number of nitrogens with zero attached hydrogens (tertiary/aromatic N) is 1. The number of aliphatic hydroxyl groups excluding tert-OH is 1. The Hall–Kier alpha value is -3.00. The van der Waals surface area contributed by atoms with Gasteiger partial charge in [0.25, 0.3) is 5.56 Å². The zero-order valence-corrected chi connectivity index (χ0v) is 16.7. The number of hydrogen-bond acceptors (Lipinski definition) is 5. The van der Waals surface area contributed by atoms with Gasteiger partial charge in [-0.05, 0) is 23.6 Å². The lowest BCUT2D eigenvalue weighted by molar-refractivity contribution is -0.0657. The van der Waals surface area contributed by atoms with Gasteiger partial charge in [0, 0.05) is 18.2 Å². The van der Waals surface area contributed by atoms with Gasteiger partial charge in [0.1, 0.15) is 12.3 Å². The molecule has 7 nitrogen and oxygen atoms in total. The van der Waals surface area contributed by atoms with Crippen LogP contribution in [0.4, 0.5) is 0 Å². The number of aromatic nitrogens is 2. The lowest BCUT2D eigenvalue weighted by Crippen LogP contribution is -2.33. The van der Waals surface area contributed by atoms with Crippen LogP contribution >= 0.6 is 0 Å². The molecule has 1 saturated heterocycles. The fourth-order valence-electron chi connectivity index (χ4n) is 3.75.